The van der Waals surface area contributed by atoms with Crippen LogP contribution in [-0.2, 0) is 19.5 Å². The molecule has 0 unspecified atom stereocenters. The van der Waals surface area contributed by atoms with Crippen molar-refractivity contribution in [1.29, 1.82) is 0 Å². The van der Waals surface area contributed by atoms with Gasteiger partial charge in [-0.05, 0) is 24.1 Å². The summed E-state index contributed by atoms with van der Waals surface area (Å²) in [5, 5.41) is 10.2. The van der Waals surface area contributed by atoms with Crippen LogP contribution in [0.2, 0.25) is 0 Å². The maximum Gasteiger partial charge on any atom is 0.252 e. The van der Waals surface area contributed by atoms with Gasteiger partial charge in [0.05, 0.1) is 17.9 Å². The molecular weight excluding hydrogens is 386 g/mol. The predicted molar refractivity (Wildman–Crippen MR) is 100 cm³/mol. The van der Waals surface area contributed by atoms with E-state index in [1.54, 1.807) is 0 Å². The second-order valence-electron chi connectivity index (χ2n) is 8.07. The molecule has 1 saturated heterocycles. The number of fused-ring (bicyclic) bond motifs is 1. The van der Waals surface area contributed by atoms with E-state index in [0.29, 0.717) is 13.0 Å². The van der Waals surface area contributed by atoms with Crippen LogP contribution in [0.3, 0.4) is 0 Å². The minimum absolute atomic E-state index is 0.0906. The number of nitrogens with two attached hydrogens (primary N) is 1. The molecular formula is C20H25F4N5. The number of nitrogens with zero attached hydrogens (tertiary/aromatic N) is 2. The van der Waals surface area contributed by atoms with E-state index < -0.39 is 42.5 Å². The molecule has 0 aliphatic carbocycles. The van der Waals surface area contributed by atoms with E-state index in [2.05, 4.69) is 20.4 Å². The van der Waals surface area contributed by atoms with Gasteiger partial charge in [-0.3, -0.25) is 10.00 Å². The molecule has 2 aliphatic heterocycles. The van der Waals surface area contributed by atoms with Gasteiger partial charge in [-0.2, -0.15) is 5.10 Å². The van der Waals surface area contributed by atoms with Gasteiger partial charge in [0.25, 0.3) is 5.92 Å². The van der Waals surface area contributed by atoms with Crippen molar-refractivity contribution in [1.82, 2.24) is 20.4 Å². The predicted octanol–water partition coefficient (Wildman–Crippen LogP) is 3.02. The Morgan fingerprint density at radius 3 is 2.72 bits per heavy atom. The molecule has 0 bridgehead atoms. The number of halogens is 4. The molecule has 3 atom stereocenters. The highest BCUT2D eigenvalue weighted by Gasteiger charge is 2.36. The fourth-order valence-corrected chi connectivity index (χ4v) is 4.29. The number of hydrogen-bond donors (Lipinski definition) is 3. The number of piperidine rings is 1. The normalized spacial score (nSPS) is 25.4. The van der Waals surface area contributed by atoms with Gasteiger partial charge in [0.1, 0.15) is 11.6 Å². The third kappa shape index (κ3) is 4.04. The van der Waals surface area contributed by atoms with Crippen LogP contribution in [0.15, 0.2) is 18.3 Å². The van der Waals surface area contributed by atoms with Crippen LogP contribution >= 0.6 is 0 Å². The number of rotatable bonds is 5. The molecule has 1 fully saturated rings. The SMILES string of the molecule is CCC(F)(F)Cc1cc(F)c([C@H]2NC[C@H](N3Cc4cn[nH]c4C3)C[C@@H]2N)cc1F. The first-order valence-electron chi connectivity index (χ1n) is 9.87. The molecule has 0 saturated carbocycles. The third-order valence-electron chi connectivity index (χ3n) is 6.07. The van der Waals surface area contributed by atoms with E-state index >= 15 is 0 Å². The van der Waals surface area contributed by atoms with Crippen molar-refractivity contribution in [2.45, 2.75) is 63.3 Å². The minimum atomic E-state index is -3.06. The van der Waals surface area contributed by atoms with E-state index in [9.17, 15) is 17.6 Å². The molecule has 29 heavy (non-hydrogen) atoms. The van der Waals surface area contributed by atoms with Gasteiger partial charge in [-0.25, -0.2) is 17.6 Å². The fourth-order valence-electron chi connectivity index (χ4n) is 4.29. The first kappa shape index (κ1) is 20.3. The highest BCUT2D eigenvalue weighted by Crippen LogP contribution is 2.32. The van der Waals surface area contributed by atoms with Crippen LogP contribution in [0, 0.1) is 11.6 Å². The summed E-state index contributed by atoms with van der Waals surface area (Å²) in [7, 11) is 0. The minimum Gasteiger partial charge on any atom is -0.326 e. The molecule has 1 aromatic heterocycles. The standard InChI is InChI=1S/C20H25F4N5/c1-2-20(23,24)6-11-3-16(22)14(5-15(11)21)19-17(25)4-13(8-26-19)29-9-12-7-27-28-18(12)10-29/h3,5,7,13,17,19,26H,2,4,6,8-10,25H2,1H3,(H,27,28)/t13-,17+,19-/m1/s1. The second kappa shape index (κ2) is 7.70. The largest absolute Gasteiger partial charge is 0.326 e. The monoisotopic (exact) mass is 411 g/mol. The second-order valence-corrected chi connectivity index (χ2v) is 8.07. The molecule has 2 aliphatic rings. The van der Waals surface area contributed by atoms with E-state index in [-0.39, 0.29) is 17.2 Å². The number of aromatic nitrogens is 2. The Bertz CT molecular complexity index is 863. The summed E-state index contributed by atoms with van der Waals surface area (Å²) in [4.78, 5) is 2.28. The molecule has 5 nitrogen and oxygen atoms in total. The molecule has 2 aromatic rings. The third-order valence-corrected chi connectivity index (χ3v) is 6.07. The van der Waals surface area contributed by atoms with Gasteiger partial charge in [-0.15, -0.1) is 0 Å². The van der Waals surface area contributed by atoms with E-state index in [0.717, 1.165) is 36.5 Å². The van der Waals surface area contributed by atoms with Gasteiger partial charge in [-0.1, -0.05) is 6.92 Å². The average molecular weight is 411 g/mol. The molecule has 0 radical (unpaired) electrons. The van der Waals surface area contributed by atoms with Crippen LogP contribution in [0.25, 0.3) is 0 Å². The number of hydrogen-bond acceptors (Lipinski definition) is 4. The maximum atomic E-state index is 14.7. The first-order valence-corrected chi connectivity index (χ1v) is 9.87. The lowest BCUT2D eigenvalue weighted by molar-refractivity contribution is -0.00303. The molecule has 0 amide bonds. The van der Waals surface area contributed by atoms with E-state index in [4.69, 9.17) is 5.73 Å². The van der Waals surface area contributed by atoms with Crippen LogP contribution in [0.1, 0.15) is 48.2 Å². The number of benzene rings is 1. The Kier molecular flexibility index (Phi) is 5.39. The molecule has 4 rings (SSSR count). The Hall–Kier alpha value is -1.97. The number of nitrogens with one attached hydrogen (secondary N) is 2. The summed E-state index contributed by atoms with van der Waals surface area (Å²) < 4.78 is 56.3. The zero-order valence-corrected chi connectivity index (χ0v) is 16.2. The molecule has 158 valence electrons. The Labute approximate surface area is 166 Å². The highest BCUT2D eigenvalue weighted by atomic mass is 19.3. The Balaban J connectivity index is 1.45. The quantitative estimate of drug-likeness (QED) is 0.662. The Morgan fingerprint density at radius 1 is 1.24 bits per heavy atom. The van der Waals surface area contributed by atoms with Crippen molar-refractivity contribution in [3.05, 3.63) is 52.3 Å². The van der Waals surface area contributed by atoms with Crippen molar-refractivity contribution in [3.8, 4) is 0 Å². The smallest absolute Gasteiger partial charge is 0.252 e. The van der Waals surface area contributed by atoms with E-state index in [1.165, 1.54) is 6.92 Å². The average Bonchev–Trinajstić information content (AvgIpc) is 3.26. The lowest BCUT2D eigenvalue weighted by atomic mass is 9.88. The lowest BCUT2D eigenvalue weighted by Crippen LogP contribution is -2.54. The van der Waals surface area contributed by atoms with E-state index in [1.807, 2.05) is 6.20 Å². The molecule has 9 heteroatoms. The Morgan fingerprint density at radius 2 is 2.03 bits per heavy atom. The van der Waals surface area contributed by atoms with Gasteiger partial charge in [0.2, 0.25) is 0 Å². The molecule has 0 spiro atoms. The van der Waals surface area contributed by atoms with Crippen LogP contribution < -0.4 is 11.1 Å². The van der Waals surface area contributed by atoms with Gasteiger partial charge < -0.3 is 11.1 Å². The van der Waals surface area contributed by atoms with Crippen molar-refractivity contribution in [3.63, 3.8) is 0 Å². The lowest BCUT2D eigenvalue weighted by Gasteiger charge is -2.39. The van der Waals surface area contributed by atoms with Gasteiger partial charge in [0, 0.05) is 55.7 Å². The number of H-pyrrole nitrogens is 1. The van der Waals surface area contributed by atoms with Crippen molar-refractivity contribution in [2.75, 3.05) is 6.54 Å². The van der Waals surface area contributed by atoms with Crippen LogP contribution in [0.5, 0.6) is 0 Å². The molecule has 3 heterocycles. The van der Waals surface area contributed by atoms with Crippen LogP contribution in [0.4, 0.5) is 17.6 Å². The van der Waals surface area contributed by atoms with Crippen molar-refractivity contribution in [2.24, 2.45) is 5.73 Å². The summed E-state index contributed by atoms with van der Waals surface area (Å²) in [6.07, 6.45) is 1.19. The first-order chi connectivity index (χ1) is 13.8. The van der Waals surface area contributed by atoms with Gasteiger partial charge in [0.15, 0.2) is 0 Å². The fraction of sp³-hybridized carbons (Fsp3) is 0.550. The van der Waals surface area contributed by atoms with Crippen molar-refractivity contribution >= 4 is 0 Å². The molecule has 4 N–H and O–H groups in total. The van der Waals surface area contributed by atoms with Crippen molar-refractivity contribution < 1.29 is 17.6 Å². The van der Waals surface area contributed by atoms with Gasteiger partial charge >= 0.3 is 0 Å². The molecule has 1 aromatic carbocycles. The summed E-state index contributed by atoms with van der Waals surface area (Å²) in [5.74, 6) is -4.59. The highest BCUT2D eigenvalue weighted by molar-refractivity contribution is 5.31. The number of alkyl halides is 2. The topological polar surface area (TPSA) is 70.0 Å². The summed E-state index contributed by atoms with van der Waals surface area (Å²) in [6.45, 7) is 3.42. The zero-order valence-electron chi connectivity index (χ0n) is 16.2. The number of aromatic amines is 1. The zero-order chi connectivity index (χ0) is 20.8. The summed E-state index contributed by atoms with van der Waals surface area (Å²) in [5.41, 5.74) is 8.34. The summed E-state index contributed by atoms with van der Waals surface area (Å²) in [6, 6.07) is 1.07. The van der Waals surface area contributed by atoms with Crippen LogP contribution in [-0.4, -0.2) is 39.6 Å². The maximum absolute atomic E-state index is 14.7. The summed E-state index contributed by atoms with van der Waals surface area (Å²) >= 11 is 0.